The fourth-order valence-electron chi connectivity index (χ4n) is 1.04. The van der Waals surface area contributed by atoms with Crippen LogP contribution in [0.3, 0.4) is 0 Å². The van der Waals surface area contributed by atoms with Crippen molar-refractivity contribution in [2.45, 2.75) is 31.2 Å². The molecule has 84 valence electrons. The minimum atomic E-state index is -0.111. The number of rotatable bonds is 5. The molecule has 0 bridgehead atoms. The predicted octanol–water partition coefficient (Wildman–Crippen LogP) is 1.37. The van der Waals surface area contributed by atoms with Gasteiger partial charge in [0.2, 0.25) is 0 Å². The maximum Gasteiger partial charge on any atom is 0.251 e. The molecule has 0 aromatic carbocycles. The summed E-state index contributed by atoms with van der Waals surface area (Å²) >= 11 is 1.50. The number of aromatic nitrogens is 2. The highest BCUT2D eigenvalue weighted by Gasteiger charge is 2.05. The summed E-state index contributed by atoms with van der Waals surface area (Å²) in [6.45, 7) is 4.15. The van der Waals surface area contributed by atoms with Gasteiger partial charge in [0.25, 0.3) is 5.56 Å². The third kappa shape index (κ3) is 4.05. The molecule has 1 aromatic heterocycles. The SMILES string of the molecule is CC(C)c1nc(SCCCO)cc(=O)[nH]1. The molecule has 0 aliphatic rings. The van der Waals surface area contributed by atoms with Gasteiger partial charge >= 0.3 is 0 Å². The summed E-state index contributed by atoms with van der Waals surface area (Å²) in [6, 6.07) is 1.49. The number of thioether (sulfide) groups is 1. The van der Waals surface area contributed by atoms with Gasteiger partial charge in [-0.15, -0.1) is 11.8 Å². The van der Waals surface area contributed by atoms with Crippen LogP contribution in [0, 0.1) is 0 Å². The summed E-state index contributed by atoms with van der Waals surface area (Å²) in [5, 5.41) is 9.37. The van der Waals surface area contributed by atoms with Gasteiger partial charge in [0.1, 0.15) is 10.9 Å². The summed E-state index contributed by atoms with van der Waals surface area (Å²) in [6.07, 6.45) is 0.718. The Bertz CT molecular complexity index is 363. The molecule has 15 heavy (non-hydrogen) atoms. The van der Waals surface area contributed by atoms with Crippen LogP contribution in [0.25, 0.3) is 0 Å². The molecular formula is C10H16N2O2S. The number of nitrogens with one attached hydrogen (secondary N) is 1. The summed E-state index contributed by atoms with van der Waals surface area (Å²) in [5.74, 6) is 1.72. The van der Waals surface area contributed by atoms with Gasteiger partial charge in [-0.25, -0.2) is 4.98 Å². The Hall–Kier alpha value is -0.810. The quantitative estimate of drug-likeness (QED) is 0.454. The third-order valence-electron chi connectivity index (χ3n) is 1.84. The van der Waals surface area contributed by atoms with Crippen LogP contribution >= 0.6 is 11.8 Å². The van der Waals surface area contributed by atoms with Crippen LogP contribution in [0.15, 0.2) is 15.9 Å². The molecule has 0 saturated carbocycles. The molecule has 0 atom stereocenters. The largest absolute Gasteiger partial charge is 0.396 e. The molecule has 0 spiro atoms. The van der Waals surface area contributed by atoms with Crippen molar-refractivity contribution in [1.29, 1.82) is 0 Å². The summed E-state index contributed by atoms with van der Waals surface area (Å²) < 4.78 is 0. The highest BCUT2D eigenvalue weighted by atomic mass is 32.2. The topological polar surface area (TPSA) is 66.0 Å². The van der Waals surface area contributed by atoms with Gasteiger partial charge in [-0.1, -0.05) is 13.8 Å². The molecule has 4 nitrogen and oxygen atoms in total. The Morgan fingerprint density at radius 2 is 2.33 bits per heavy atom. The highest BCUT2D eigenvalue weighted by molar-refractivity contribution is 7.99. The number of hydrogen-bond acceptors (Lipinski definition) is 4. The van der Waals surface area contributed by atoms with Gasteiger partial charge in [0.05, 0.1) is 0 Å². The maximum absolute atomic E-state index is 11.3. The molecule has 0 aliphatic carbocycles. The second-order valence-corrected chi connectivity index (χ2v) is 4.66. The average molecular weight is 228 g/mol. The van der Waals surface area contributed by atoms with Crippen molar-refractivity contribution in [3.05, 3.63) is 22.2 Å². The number of H-pyrrole nitrogens is 1. The monoisotopic (exact) mass is 228 g/mol. The minimum Gasteiger partial charge on any atom is -0.396 e. The van der Waals surface area contributed by atoms with Crippen LogP contribution in [0.5, 0.6) is 0 Å². The van der Waals surface area contributed by atoms with Crippen molar-refractivity contribution in [1.82, 2.24) is 9.97 Å². The molecule has 1 rings (SSSR count). The van der Waals surface area contributed by atoms with Gasteiger partial charge in [-0.05, 0) is 6.42 Å². The molecule has 1 aromatic rings. The number of aromatic amines is 1. The van der Waals surface area contributed by atoms with Gasteiger partial charge in [-0.2, -0.15) is 0 Å². The van der Waals surface area contributed by atoms with Crippen molar-refractivity contribution in [2.75, 3.05) is 12.4 Å². The number of hydrogen-bond donors (Lipinski definition) is 2. The normalized spacial score (nSPS) is 10.9. The van der Waals surface area contributed by atoms with Crippen molar-refractivity contribution in [3.8, 4) is 0 Å². The molecule has 0 unspecified atom stereocenters. The second kappa shape index (κ2) is 5.92. The Balaban J connectivity index is 2.75. The van der Waals surface area contributed by atoms with Gasteiger partial charge in [0, 0.05) is 24.3 Å². The molecule has 0 amide bonds. The highest BCUT2D eigenvalue weighted by Crippen LogP contribution is 2.16. The summed E-state index contributed by atoms with van der Waals surface area (Å²) in [4.78, 5) is 18.3. The first-order valence-corrected chi connectivity index (χ1v) is 5.97. The van der Waals surface area contributed by atoms with Crippen molar-refractivity contribution in [2.24, 2.45) is 0 Å². The van der Waals surface area contributed by atoms with E-state index in [0.717, 1.165) is 17.2 Å². The summed E-state index contributed by atoms with van der Waals surface area (Å²) in [7, 11) is 0. The molecule has 5 heteroatoms. The number of aliphatic hydroxyl groups excluding tert-OH is 1. The first-order chi connectivity index (χ1) is 7.13. The van der Waals surface area contributed by atoms with E-state index >= 15 is 0 Å². The van der Waals surface area contributed by atoms with E-state index in [2.05, 4.69) is 9.97 Å². The molecule has 2 N–H and O–H groups in total. The third-order valence-corrected chi connectivity index (χ3v) is 2.83. The second-order valence-electron chi connectivity index (χ2n) is 3.55. The van der Waals surface area contributed by atoms with Crippen molar-refractivity contribution < 1.29 is 5.11 Å². The zero-order valence-electron chi connectivity index (χ0n) is 8.99. The standard InChI is InChI=1S/C10H16N2O2S/c1-7(2)10-11-8(14)6-9(12-10)15-5-3-4-13/h6-7,13H,3-5H2,1-2H3,(H,11,12,14). The van der Waals surface area contributed by atoms with Gasteiger partial charge in [0.15, 0.2) is 0 Å². The van der Waals surface area contributed by atoms with E-state index in [1.54, 1.807) is 0 Å². The van der Waals surface area contributed by atoms with Crippen LogP contribution < -0.4 is 5.56 Å². The predicted molar refractivity (Wildman–Crippen MR) is 61.4 cm³/mol. The lowest BCUT2D eigenvalue weighted by Gasteiger charge is -2.05. The van der Waals surface area contributed by atoms with Crippen LogP contribution in [0.1, 0.15) is 32.0 Å². The number of aliphatic hydroxyl groups is 1. The average Bonchev–Trinajstić information content (AvgIpc) is 2.17. The van der Waals surface area contributed by atoms with E-state index < -0.39 is 0 Å². The van der Waals surface area contributed by atoms with Crippen LogP contribution in [0.4, 0.5) is 0 Å². The molecule has 0 saturated heterocycles. The fraction of sp³-hybridized carbons (Fsp3) is 0.600. The molecule has 0 aliphatic heterocycles. The molecule has 1 heterocycles. The fourth-order valence-corrected chi connectivity index (χ4v) is 1.88. The lowest BCUT2D eigenvalue weighted by atomic mass is 10.2. The van der Waals surface area contributed by atoms with Crippen molar-refractivity contribution in [3.63, 3.8) is 0 Å². The first-order valence-electron chi connectivity index (χ1n) is 4.98. The first kappa shape index (κ1) is 12.3. The van der Waals surface area contributed by atoms with Gasteiger partial charge in [-0.3, -0.25) is 4.79 Å². The summed E-state index contributed by atoms with van der Waals surface area (Å²) in [5.41, 5.74) is -0.111. The Labute approximate surface area is 93.1 Å². The van der Waals surface area contributed by atoms with Crippen LogP contribution in [-0.2, 0) is 0 Å². The van der Waals surface area contributed by atoms with Crippen LogP contribution in [0.2, 0.25) is 0 Å². The van der Waals surface area contributed by atoms with E-state index in [0.29, 0.717) is 5.82 Å². The van der Waals surface area contributed by atoms with E-state index in [1.165, 1.54) is 17.8 Å². The number of nitrogens with zero attached hydrogens (tertiary/aromatic N) is 1. The van der Waals surface area contributed by atoms with E-state index in [-0.39, 0.29) is 18.1 Å². The lowest BCUT2D eigenvalue weighted by molar-refractivity contribution is 0.296. The smallest absolute Gasteiger partial charge is 0.251 e. The lowest BCUT2D eigenvalue weighted by Crippen LogP contribution is -2.12. The maximum atomic E-state index is 11.3. The van der Waals surface area contributed by atoms with Gasteiger partial charge < -0.3 is 10.1 Å². The van der Waals surface area contributed by atoms with Crippen LogP contribution in [-0.4, -0.2) is 27.4 Å². The van der Waals surface area contributed by atoms with E-state index in [9.17, 15) is 4.79 Å². The molecule has 0 fully saturated rings. The van der Waals surface area contributed by atoms with E-state index in [1.807, 2.05) is 13.8 Å². The minimum absolute atomic E-state index is 0.111. The van der Waals surface area contributed by atoms with E-state index in [4.69, 9.17) is 5.11 Å². The Morgan fingerprint density at radius 1 is 1.60 bits per heavy atom. The Kier molecular flexibility index (Phi) is 4.84. The Morgan fingerprint density at radius 3 is 2.93 bits per heavy atom. The zero-order valence-corrected chi connectivity index (χ0v) is 9.80. The molecular weight excluding hydrogens is 212 g/mol. The zero-order chi connectivity index (χ0) is 11.3. The molecule has 0 radical (unpaired) electrons. The van der Waals surface area contributed by atoms with Crippen molar-refractivity contribution >= 4 is 11.8 Å².